The van der Waals surface area contributed by atoms with E-state index in [1.807, 2.05) is 17.9 Å². The van der Waals surface area contributed by atoms with Gasteiger partial charge in [0.2, 0.25) is 5.91 Å². The highest BCUT2D eigenvalue weighted by Crippen LogP contribution is 2.19. The molecule has 6 nitrogen and oxygen atoms in total. The van der Waals surface area contributed by atoms with Crippen LogP contribution in [0, 0.1) is 6.92 Å². The van der Waals surface area contributed by atoms with Gasteiger partial charge < -0.3 is 20.3 Å². The van der Waals surface area contributed by atoms with Gasteiger partial charge in [0.25, 0.3) is 0 Å². The van der Waals surface area contributed by atoms with E-state index in [4.69, 9.17) is 4.74 Å². The molecule has 7 heteroatoms. The Kier molecular flexibility index (Phi) is 10.5. The topological polar surface area (TPSA) is 66.0 Å². The standard InChI is InChI=1S/C20H32N4O2.HI/c1-15-8-9-17(18(13-15)26-4)14-23-20(21-3)22-11-10-19(25)24-12-6-5-7-16(24)2;/h8-9,13,16H,5-7,10-12,14H2,1-4H3,(H2,21,22,23);1H. The maximum absolute atomic E-state index is 12.4. The molecule has 0 bridgehead atoms. The smallest absolute Gasteiger partial charge is 0.224 e. The molecule has 27 heavy (non-hydrogen) atoms. The van der Waals surface area contributed by atoms with Gasteiger partial charge in [0.05, 0.1) is 7.11 Å². The lowest BCUT2D eigenvalue weighted by atomic mass is 10.0. The number of hydrogen-bond acceptors (Lipinski definition) is 3. The number of carbonyl (C=O) groups is 1. The van der Waals surface area contributed by atoms with Gasteiger partial charge in [-0.3, -0.25) is 9.79 Å². The number of carbonyl (C=O) groups excluding carboxylic acids is 1. The van der Waals surface area contributed by atoms with Crippen molar-refractivity contribution >= 4 is 35.8 Å². The second-order valence-corrected chi connectivity index (χ2v) is 6.85. The third kappa shape index (κ3) is 7.20. The van der Waals surface area contributed by atoms with Crippen LogP contribution in [0.4, 0.5) is 0 Å². The van der Waals surface area contributed by atoms with Crippen molar-refractivity contribution in [2.24, 2.45) is 4.99 Å². The van der Waals surface area contributed by atoms with E-state index in [2.05, 4.69) is 34.7 Å². The van der Waals surface area contributed by atoms with E-state index in [-0.39, 0.29) is 29.9 Å². The number of guanidine groups is 1. The molecular weight excluding hydrogens is 455 g/mol. The molecule has 1 aromatic rings. The van der Waals surface area contributed by atoms with E-state index < -0.39 is 0 Å². The number of nitrogens with zero attached hydrogens (tertiary/aromatic N) is 2. The molecule has 1 heterocycles. The fourth-order valence-electron chi connectivity index (χ4n) is 3.30. The van der Waals surface area contributed by atoms with Crippen LogP contribution in [0.15, 0.2) is 23.2 Å². The van der Waals surface area contributed by atoms with Crippen molar-refractivity contribution < 1.29 is 9.53 Å². The van der Waals surface area contributed by atoms with E-state index >= 15 is 0 Å². The summed E-state index contributed by atoms with van der Waals surface area (Å²) in [4.78, 5) is 18.6. The molecule has 1 fully saturated rings. The van der Waals surface area contributed by atoms with E-state index in [1.165, 1.54) is 12.0 Å². The summed E-state index contributed by atoms with van der Waals surface area (Å²) in [6.45, 7) is 6.26. The van der Waals surface area contributed by atoms with Gasteiger partial charge in [0, 0.05) is 44.7 Å². The highest BCUT2D eigenvalue weighted by atomic mass is 127. The van der Waals surface area contributed by atoms with Gasteiger partial charge in [-0.15, -0.1) is 24.0 Å². The number of rotatable bonds is 6. The summed E-state index contributed by atoms with van der Waals surface area (Å²) in [7, 11) is 3.41. The lowest BCUT2D eigenvalue weighted by Crippen LogP contribution is -2.44. The van der Waals surface area contributed by atoms with Crippen molar-refractivity contribution in [3.63, 3.8) is 0 Å². The molecule has 1 aliphatic rings. The molecule has 1 aromatic carbocycles. The Bertz CT molecular complexity index is 636. The fourth-order valence-corrected chi connectivity index (χ4v) is 3.30. The first-order valence-corrected chi connectivity index (χ1v) is 9.42. The third-order valence-corrected chi connectivity index (χ3v) is 4.87. The molecule has 0 spiro atoms. The van der Waals surface area contributed by atoms with Crippen LogP contribution >= 0.6 is 24.0 Å². The summed E-state index contributed by atoms with van der Waals surface area (Å²) in [6, 6.07) is 6.50. The number of amides is 1. The number of likely N-dealkylation sites (tertiary alicyclic amines) is 1. The Labute approximate surface area is 180 Å². The quantitative estimate of drug-likeness (QED) is 0.367. The van der Waals surface area contributed by atoms with Crippen molar-refractivity contribution in [2.75, 3.05) is 27.2 Å². The molecule has 152 valence electrons. The zero-order valence-corrected chi connectivity index (χ0v) is 19.2. The second-order valence-electron chi connectivity index (χ2n) is 6.85. The average Bonchev–Trinajstić information content (AvgIpc) is 2.65. The molecule has 1 atom stereocenters. The van der Waals surface area contributed by atoms with Gasteiger partial charge in [0.1, 0.15) is 5.75 Å². The van der Waals surface area contributed by atoms with Gasteiger partial charge in [-0.25, -0.2) is 0 Å². The number of methoxy groups -OCH3 is 1. The Hall–Kier alpha value is -1.51. The Morgan fingerprint density at radius 2 is 2.11 bits per heavy atom. The first kappa shape index (κ1) is 23.5. The normalized spacial score (nSPS) is 17.1. The summed E-state index contributed by atoms with van der Waals surface area (Å²) in [6.07, 6.45) is 3.94. The molecule has 1 saturated heterocycles. The number of piperidine rings is 1. The predicted octanol–water partition coefficient (Wildman–Crippen LogP) is 3.08. The maximum Gasteiger partial charge on any atom is 0.224 e. The molecule has 0 saturated carbocycles. The fraction of sp³-hybridized carbons (Fsp3) is 0.600. The molecule has 1 amide bonds. The van der Waals surface area contributed by atoms with E-state index in [0.29, 0.717) is 31.5 Å². The van der Waals surface area contributed by atoms with Gasteiger partial charge in [-0.05, 0) is 44.7 Å². The zero-order chi connectivity index (χ0) is 18.9. The third-order valence-electron chi connectivity index (χ3n) is 4.87. The van der Waals surface area contributed by atoms with Crippen LogP contribution in [0.2, 0.25) is 0 Å². The summed E-state index contributed by atoms with van der Waals surface area (Å²) in [5.41, 5.74) is 2.23. The second kappa shape index (κ2) is 12.0. The van der Waals surface area contributed by atoms with Gasteiger partial charge in [-0.2, -0.15) is 0 Å². The zero-order valence-electron chi connectivity index (χ0n) is 16.9. The van der Waals surface area contributed by atoms with Crippen molar-refractivity contribution in [3.05, 3.63) is 29.3 Å². The van der Waals surface area contributed by atoms with Crippen LogP contribution in [0.5, 0.6) is 5.75 Å². The number of nitrogens with one attached hydrogen (secondary N) is 2. The first-order chi connectivity index (χ1) is 12.5. The van der Waals surface area contributed by atoms with Crippen LogP contribution < -0.4 is 15.4 Å². The lowest BCUT2D eigenvalue weighted by Gasteiger charge is -2.33. The van der Waals surface area contributed by atoms with E-state index in [1.54, 1.807) is 14.2 Å². The summed E-state index contributed by atoms with van der Waals surface area (Å²) in [5.74, 6) is 1.77. The number of hydrogen-bond donors (Lipinski definition) is 2. The average molecular weight is 488 g/mol. The van der Waals surface area contributed by atoms with Gasteiger partial charge in [-0.1, -0.05) is 12.1 Å². The molecule has 2 N–H and O–H groups in total. The minimum atomic E-state index is 0. The molecule has 1 aliphatic heterocycles. The summed E-state index contributed by atoms with van der Waals surface area (Å²) in [5, 5.41) is 6.50. The number of halogens is 1. The Balaban J connectivity index is 0.00000364. The summed E-state index contributed by atoms with van der Waals surface area (Å²) >= 11 is 0. The number of ether oxygens (including phenoxy) is 1. The number of aryl methyl sites for hydroxylation is 1. The van der Waals surface area contributed by atoms with Crippen molar-refractivity contribution in [1.29, 1.82) is 0 Å². The van der Waals surface area contributed by atoms with Crippen LogP contribution in [-0.2, 0) is 11.3 Å². The van der Waals surface area contributed by atoms with Crippen molar-refractivity contribution in [2.45, 2.75) is 52.1 Å². The van der Waals surface area contributed by atoms with E-state index in [0.717, 1.165) is 30.7 Å². The van der Waals surface area contributed by atoms with Gasteiger partial charge in [0.15, 0.2) is 5.96 Å². The van der Waals surface area contributed by atoms with E-state index in [9.17, 15) is 4.79 Å². The molecule has 2 rings (SSSR count). The van der Waals surface area contributed by atoms with Crippen LogP contribution in [-0.4, -0.2) is 50.1 Å². The molecule has 0 aliphatic carbocycles. The maximum atomic E-state index is 12.4. The van der Waals surface area contributed by atoms with Crippen LogP contribution in [0.3, 0.4) is 0 Å². The molecule has 0 radical (unpaired) electrons. The molecular formula is C20H33IN4O2. The Morgan fingerprint density at radius 1 is 1.33 bits per heavy atom. The van der Waals surface area contributed by atoms with Crippen molar-refractivity contribution in [3.8, 4) is 5.75 Å². The molecule has 1 unspecified atom stereocenters. The first-order valence-electron chi connectivity index (χ1n) is 9.42. The SMILES string of the molecule is CN=C(NCCC(=O)N1CCCCC1C)NCc1ccc(C)cc1OC.I. The highest BCUT2D eigenvalue weighted by molar-refractivity contribution is 14.0. The van der Waals surface area contributed by atoms with Crippen LogP contribution in [0.25, 0.3) is 0 Å². The monoisotopic (exact) mass is 488 g/mol. The van der Waals surface area contributed by atoms with Crippen molar-refractivity contribution in [1.82, 2.24) is 15.5 Å². The largest absolute Gasteiger partial charge is 0.496 e. The predicted molar refractivity (Wildman–Crippen MR) is 121 cm³/mol. The number of benzene rings is 1. The minimum absolute atomic E-state index is 0. The highest BCUT2D eigenvalue weighted by Gasteiger charge is 2.22. The summed E-state index contributed by atoms with van der Waals surface area (Å²) < 4.78 is 5.43. The minimum Gasteiger partial charge on any atom is -0.496 e. The van der Waals surface area contributed by atoms with Crippen LogP contribution in [0.1, 0.15) is 43.7 Å². The lowest BCUT2D eigenvalue weighted by molar-refractivity contribution is -0.134. The molecule has 0 aromatic heterocycles. The number of aliphatic imine (C=N–C) groups is 1. The Morgan fingerprint density at radius 3 is 2.78 bits per heavy atom. The van der Waals surface area contributed by atoms with Gasteiger partial charge >= 0.3 is 0 Å².